The molecule has 0 saturated carbocycles. The van der Waals surface area contributed by atoms with Crippen LogP contribution in [0.15, 0.2) is 29.2 Å². The van der Waals surface area contributed by atoms with E-state index in [1.54, 1.807) is 30.6 Å². The zero-order valence-electron chi connectivity index (χ0n) is 12.8. The van der Waals surface area contributed by atoms with Crippen molar-refractivity contribution in [1.29, 1.82) is 0 Å². The van der Waals surface area contributed by atoms with E-state index in [2.05, 4.69) is 23.6 Å². The number of carbonyl (C=O) groups excluding carboxylic acids is 1. The monoisotopic (exact) mass is 362 g/mol. The molecule has 4 nitrogen and oxygen atoms in total. The standard InChI is InChI=1S/C15H22N2O2S2.ClH/c1-11(7-16-15(18)12-9-20-10-17-12)8-21-14-6-4-3-5-13(14)19-2;/h3-6,11-12,17H,7-10H2,1-2H3,(H,16,18);1H. The Morgan fingerprint density at radius 3 is 3.00 bits per heavy atom. The molecule has 1 aliphatic heterocycles. The fraction of sp³-hybridized carbons (Fsp3) is 0.533. The lowest BCUT2D eigenvalue weighted by molar-refractivity contribution is -0.122. The van der Waals surface area contributed by atoms with Crippen molar-refractivity contribution in [2.75, 3.05) is 31.0 Å². The van der Waals surface area contributed by atoms with E-state index in [0.29, 0.717) is 12.5 Å². The van der Waals surface area contributed by atoms with E-state index in [0.717, 1.165) is 28.0 Å². The van der Waals surface area contributed by atoms with Crippen LogP contribution in [0.4, 0.5) is 0 Å². The van der Waals surface area contributed by atoms with Crippen LogP contribution < -0.4 is 15.4 Å². The van der Waals surface area contributed by atoms with Gasteiger partial charge < -0.3 is 10.1 Å². The molecule has 22 heavy (non-hydrogen) atoms. The number of rotatable bonds is 7. The number of amides is 1. The maximum atomic E-state index is 11.9. The molecule has 7 heteroatoms. The molecule has 1 amide bonds. The molecule has 1 saturated heterocycles. The van der Waals surface area contributed by atoms with E-state index < -0.39 is 0 Å². The normalized spacial score (nSPS) is 18.4. The van der Waals surface area contributed by atoms with Crippen molar-refractivity contribution in [3.05, 3.63) is 24.3 Å². The van der Waals surface area contributed by atoms with Crippen LogP contribution in [0.5, 0.6) is 5.75 Å². The molecule has 0 radical (unpaired) electrons. The first kappa shape index (κ1) is 19.5. The first-order valence-corrected chi connectivity index (χ1v) is 9.19. The topological polar surface area (TPSA) is 50.4 Å². The highest BCUT2D eigenvalue weighted by Crippen LogP contribution is 2.29. The van der Waals surface area contributed by atoms with Crippen LogP contribution in [0.3, 0.4) is 0 Å². The van der Waals surface area contributed by atoms with Crippen LogP contribution in [0.2, 0.25) is 0 Å². The van der Waals surface area contributed by atoms with Crippen molar-refractivity contribution < 1.29 is 9.53 Å². The van der Waals surface area contributed by atoms with E-state index in [4.69, 9.17) is 4.74 Å². The fourth-order valence-electron chi connectivity index (χ4n) is 1.99. The molecule has 1 heterocycles. The molecule has 1 fully saturated rings. The van der Waals surface area contributed by atoms with E-state index in [9.17, 15) is 4.79 Å². The number of benzene rings is 1. The van der Waals surface area contributed by atoms with Gasteiger partial charge in [-0.3, -0.25) is 10.1 Å². The number of para-hydroxylation sites is 1. The number of carbonyl (C=O) groups is 1. The molecule has 2 atom stereocenters. The predicted octanol–water partition coefficient (Wildman–Crippen LogP) is 2.62. The molecule has 124 valence electrons. The Bertz CT molecular complexity index is 471. The second-order valence-corrected chi connectivity index (χ2v) is 7.18. The number of ether oxygens (including phenoxy) is 1. The Balaban J connectivity index is 0.00000242. The number of halogens is 1. The van der Waals surface area contributed by atoms with Gasteiger partial charge in [-0.25, -0.2) is 0 Å². The minimum Gasteiger partial charge on any atom is -0.496 e. The maximum Gasteiger partial charge on any atom is 0.238 e. The van der Waals surface area contributed by atoms with Gasteiger partial charge in [0, 0.05) is 28.8 Å². The van der Waals surface area contributed by atoms with Gasteiger partial charge in [0.2, 0.25) is 5.91 Å². The lowest BCUT2D eigenvalue weighted by atomic mass is 10.2. The number of hydrogen-bond acceptors (Lipinski definition) is 5. The van der Waals surface area contributed by atoms with Crippen molar-refractivity contribution in [2.45, 2.75) is 17.9 Å². The van der Waals surface area contributed by atoms with E-state index in [1.165, 1.54) is 0 Å². The van der Waals surface area contributed by atoms with Gasteiger partial charge in [-0.1, -0.05) is 19.1 Å². The third-order valence-corrected chi connectivity index (χ3v) is 5.57. The van der Waals surface area contributed by atoms with Gasteiger partial charge in [0.25, 0.3) is 0 Å². The minimum absolute atomic E-state index is 0. The number of methoxy groups -OCH3 is 1. The van der Waals surface area contributed by atoms with Crippen LogP contribution in [-0.2, 0) is 4.79 Å². The summed E-state index contributed by atoms with van der Waals surface area (Å²) in [5, 5.41) is 6.21. The summed E-state index contributed by atoms with van der Waals surface area (Å²) in [6.07, 6.45) is 0. The molecular formula is C15H23ClN2O2S2. The maximum absolute atomic E-state index is 11.9. The molecule has 0 aromatic heterocycles. The van der Waals surface area contributed by atoms with Gasteiger partial charge >= 0.3 is 0 Å². The zero-order valence-corrected chi connectivity index (χ0v) is 15.3. The lowest BCUT2D eigenvalue weighted by Gasteiger charge is -2.15. The zero-order chi connectivity index (χ0) is 15.1. The van der Waals surface area contributed by atoms with Crippen LogP contribution in [0, 0.1) is 5.92 Å². The second-order valence-electron chi connectivity index (χ2n) is 5.08. The minimum atomic E-state index is -0.0240. The fourth-order valence-corrected chi connectivity index (χ4v) is 3.98. The Morgan fingerprint density at radius 2 is 2.32 bits per heavy atom. The average Bonchev–Trinajstić information content (AvgIpc) is 3.05. The SMILES string of the molecule is COc1ccccc1SCC(C)CNC(=O)C1CSCN1.Cl. The summed E-state index contributed by atoms with van der Waals surface area (Å²) < 4.78 is 5.34. The van der Waals surface area contributed by atoms with Crippen molar-refractivity contribution in [3.8, 4) is 5.75 Å². The van der Waals surface area contributed by atoms with E-state index >= 15 is 0 Å². The lowest BCUT2D eigenvalue weighted by Crippen LogP contribution is -2.43. The summed E-state index contributed by atoms with van der Waals surface area (Å²) in [5.41, 5.74) is 0. The summed E-state index contributed by atoms with van der Waals surface area (Å²) >= 11 is 3.53. The Morgan fingerprint density at radius 1 is 1.55 bits per heavy atom. The molecular weight excluding hydrogens is 340 g/mol. The van der Waals surface area contributed by atoms with Gasteiger partial charge in [-0.05, 0) is 18.1 Å². The Kier molecular flexibility index (Phi) is 9.09. The van der Waals surface area contributed by atoms with Gasteiger partial charge in [-0.15, -0.1) is 35.9 Å². The summed E-state index contributed by atoms with van der Waals surface area (Å²) in [7, 11) is 1.69. The quantitative estimate of drug-likeness (QED) is 0.730. The highest BCUT2D eigenvalue weighted by Gasteiger charge is 2.22. The van der Waals surface area contributed by atoms with Gasteiger partial charge in [-0.2, -0.15) is 0 Å². The largest absolute Gasteiger partial charge is 0.496 e. The van der Waals surface area contributed by atoms with Crippen molar-refractivity contribution in [1.82, 2.24) is 10.6 Å². The summed E-state index contributed by atoms with van der Waals surface area (Å²) in [4.78, 5) is 13.1. The first-order chi connectivity index (χ1) is 10.2. The molecule has 0 bridgehead atoms. The Hall–Kier alpha value is -0.560. The van der Waals surface area contributed by atoms with E-state index in [-0.39, 0.29) is 24.4 Å². The molecule has 1 aliphatic rings. The van der Waals surface area contributed by atoms with Crippen LogP contribution in [0.1, 0.15) is 6.92 Å². The molecule has 1 aromatic carbocycles. The molecule has 0 spiro atoms. The highest BCUT2D eigenvalue weighted by atomic mass is 35.5. The van der Waals surface area contributed by atoms with Crippen LogP contribution in [-0.4, -0.2) is 43.0 Å². The number of nitrogens with one attached hydrogen (secondary N) is 2. The summed E-state index contributed by atoms with van der Waals surface area (Å²) in [6, 6.07) is 8.00. The highest BCUT2D eigenvalue weighted by molar-refractivity contribution is 7.99. The first-order valence-electron chi connectivity index (χ1n) is 7.05. The molecule has 2 unspecified atom stereocenters. The number of thioether (sulfide) groups is 2. The van der Waals surface area contributed by atoms with Crippen molar-refractivity contribution >= 4 is 41.8 Å². The van der Waals surface area contributed by atoms with Crippen LogP contribution in [0.25, 0.3) is 0 Å². The van der Waals surface area contributed by atoms with Gasteiger partial charge in [0.15, 0.2) is 0 Å². The van der Waals surface area contributed by atoms with Crippen LogP contribution >= 0.6 is 35.9 Å². The van der Waals surface area contributed by atoms with Crippen molar-refractivity contribution in [2.24, 2.45) is 5.92 Å². The average molecular weight is 363 g/mol. The smallest absolute Gasteiger partial charge is 0.238 e. The molecule has 2 rings (SSSR count). The molecule has 0 aliphatic carbocycles. The van der Waals surface area contributed by atoms with Gasteiger partial charge in [0.1, 0.15) is 5.75 Å². The predicted molar refractivity (Wildman–Crippen MR) is 97.4 cm³/mol. The molecule has 1 aromatic rings. The van der Waals surface area contributed by atoms with Gasteiger partial charge in [0.05, 0.1) is 13.2 Å². The van der Waals surface area contributed by atoms with E-state index in [1.807, 2.05) is 18.2 Å². The number of hydrogen-bond donors (Lipinski definition) is 2. The molecule has 2 N–H and O–H groups in total. The third-order valence-electron chi connectivity index (χ3n) is 3.25. The summed E-state index contributed by atoms with van der Waals surface area (Å²) in [5.74, 6) is 4.14. The Labute approximate surface area is 146 Å². The van der Waals surface area contributed by atoms with Crippen molar-refractivity contribution in [3.63, 3.8) is 0 Å². The second kappa shape index (κ2) is 10.3. The third kappa shape index (κ3) is 5.91. The summed E-state index contributed by atoms with van der Waals surface area (Å²) in [6.45, 7) is 2.86.